The van der Waals surface area contributed by atoms with Gasteiger partial charge >= 0.3 is 5.97 Å². The standard InChI is InChI=1S/C14H12N2O2/c1-2-18-14(17)8-13(12(9-15)10-16)11-6-4-3-5-7-11/h3-7H,2,8H2,1H3. The zero-order valence-corrected chi connectivity index (χ0v) is 10.0. The van der Waals surface area contributed by atoms with E-state index in [1.807, 2.05) is 18.2 Å². The lowest BCUT2D eigenvalue weighted by Gasteiger charge is -2.07. The molecule has 0 N–H and O–H groups in total. The van der Waals surface area contributed by atoms with Gasteiger partial charge in [0, 0.05) is 0 Å². The monoisotopic (exact) mass is 240 g/mol. The van der Waals surface area contributed by atoms with Gasteiger partial charge in [-0.3, -0.25) is 4.79 Å². The van der Waals surface area contributed by atoms with Crippen LogP contribution in [0, 0.1) is 22.7 Å². The van der Waals surface area contributed by atoms with E-state index in [0.717, 1.165) is 0 Å². The summed E-state index contributed by atoms with van der Waals surface area (Å²) in [6.07, 6.45) is -0.0751. The smallest absolute Gasteiger partial charge is 0.310 e. The highest BCUT2D eigenvalue weighted by Crippen LogP contribution is 2.22. The highest BCUT2D eigenvalue weighted by atomic mass is 16.5. The molecule has 0 aliphatic carbocycles. The van der Waals surface area contributed by atoms with Gasteiger partial charge in [-0.1, -0.05) is 30.3 Å². The number of benzene rings is 1. The zero-order valence-electron chi connectivity index (χ0n) is 10.0. The molecule has 0 amide bonds. The summed E-state index contributed by atoms with van der Waals surface area (Å²) in [5.74, 6) is -0.445. The second-order valence-electron chi connectivity index (χ2n) is 3.42. The summed E-state index contributed by atoms with van der Waals surface area (Å²) >= 11 is 0. The number of hydrogen-bond acceptors (Lipinski definition) is 4. The SMILES string of the molecule is CCOC(=O)CC(=C(C#N)C#N)c1ccccc1. The van der Waals surface area contributed by atoms with Crippen LogP contribution in [0.3, 0.4) is 0 Å². The Balaban J connectivity index is 3.14. The van der Waals surface area contributed by atoms with Crippen molar-refractivity contribution in [1.29, 1.82) is 10.5 Å². The lowest BCUT2D eigenvalue weighted by molar-refractivity contribution is -0.141. The maximum Gasteiger partial charge on any atom is 0.310 e. The Bertz CT molecular complexity index is 517. The first-order valence-electron chi connectivity index (χ1n) is 5.47. The normalized spacial score (nSPS) is 8.83. The van der Waals surface area contributed by atoms with Crippen LogP contribution in [0.15, 0.2) is 35.9 Å². The van der Waals surface area contributed by atoms with Crippen molar-refractivity contribution in [3.05, 3.63) is 41.5 Å². The van der Waals surface area contributed by atoms with Crippen LogP contribution in [0.1, 0.15) is 18.9 Å². The average molecular weight is 240 g/mol. The predicted octanol–water partition coefficient (Wildman–Crippen LogP) is 2.44. The van der Waals surface area contributed by atoms with Crippen molar-refractivity contribution >= 4 is 11.5 Å². The van der Waals surface area contributed by atoms with E-state index < -0.39 is 5.97 Å². The molecule has 0 spiro atoms. The van der Waals surface area contributed by atoms with Crippen molar-refractivity contribution in [2.24, 2.45) is 0 Å². The van der Waals surface area contributed by atoms with Crippen LogP contribution in [0.4, 0.5) is 0 Å². The van der Waals surface area contributed by atoms with Gasteiger partial charge in [0.05, 0.1) is 13.0 Å². The molecule has 4 heteroatoms. The molecule has 0 atom stereocenters. The summed E-state index contributed by atoms with van der Waals surface area (Å²) in [6.45, 7) is 1.98. The number of nitriles is 2. The van der Waals surface area contributed by atoms with E-state index in [2.05, 4.69) is 0 Å². The van der Waals surface area contributed by atoms with E-state index >= 15 is 0 Å². The molecule has 0 fully saturated rings. The maximum atomic E-state index is 11.5. The summed E-state index contributed by atoms with van der Waals surface area (Å²) in [5, 5.41) is 17.8. The van der Waals surface area contributed by atoms with E-state index in [9.17, 15) is 4.79 Å². The van der Waals surface area contributed by atoms with Gasteiger partial charge in [0.15, 0.2) is 0 Å². The minimum atomic E-state index is -0.445. The molecule has 0 unspecified atom stereocenters. The second kappa shape index (κ2) is 6.88. The van der Waals surface area contributed by atoms with Crippen LogP contribution in [-0.2, 0) is 9.53 Å². The summed E-state index contributed by atoms with van der Waals surface area (Å²) in [4.78, 5) is 11.5. The Morgan fingerprint density at radius 3 is 2.33 bits per heavy atom. The van der Waals surface area contributed by atoms with E-state index in [-0.39, 0.29) is 18.6 Å². The Hall–Kier alpha value is -2.59. The fourth-order valence-corrected chi connectivity index (χ4v) is 1.49. The van der Waals surface area contributed by atoms with Crippen LogP contribution in [0.2, 0.25) is 0 Å². The van der Waals surface area contributed by atoms with Crippen LogP contribution < -0.4 is 0 Å². The van der Waals surface area contributed by atoms with Gasteiger partial charge in [-0.2, -0.15) is 10.5 Å². The molecule has 1 aromatic carbocycles. The molecular weight excluding hydrogens is 228 g/mol. The Morgan fingerprint density at radius 1 is 1.22 bits per heavy atom. The molecule has 0 bridgehead atoms. The maximum absolute atomic E-state index is 11.5. The summed E-state index contributed by atoms with van der Waals surface area (Å²) in [5.41, 5.74) is 1.02. The number of hydrogen-bond donors (Lipinski definition) is 0. The molecule has 0 aliphatic heterocycles. The van der Waals surface area contributed by atoms with Crippen LogP contribution >= 0.6 is 0 Å². The zero-order chi connectivity index (χ0) is 13.4. The third kappa shape index (κ3) is 3.47. The Kier molecular flexibility index (Phi) is 5.15. The Morgan fingerprint density at radius 2 is 1.83 bits per heavy atom. The third-order valence-corrected chi connectivity index (χ3v) is 2.27. The number of nitrogens with zero attached hydrogens (tertiary/aromatic N) is 2. The summed E-state index contributed by atoms with van der Waals surface area (Å²) in [7, 11) is 0. The molecule has 1 aromatic rings. The highest BCUT2D eigenvalue weighted by molar-refractivity contribution is 5.88. The molecule has 0 saturated carbocycles. The molecule has 0 aliphatic rings. The number of rotatable bonds is 4. The molecule has 0 heterocycles. The molecule has 90 valence electrons. The van der Waals surface area contributed by atoms with Gasteiger partial charge in [0.2, 0.25) is 0 Å². The van der Waals surface area contributed by atoms with Crippen LogP contribution in [-0.4, -0.2) is 12.6 Å². The largest absolute Gasteiger partial charge is 0.466 e. The van der Waals surface area contributed by atoms with Crippen molar-refractivity contribution < 1.29 is 9.53 Å². The lowest BCUT2D eigenvalue weighted by Crippen LogP contribution is -2.06. The minimum Gasteiger partial charge on any atom is -0.466 e. The second-order valence-corrected chi connectivity index (χ2v) is 3.42. The molecule has 0 saturated heterocycles. The van der Waals surface area contributed by atoms with Crippen molar-refractivity contribution in [1.82, 2.24) is 0 Å². The number of ether oxygens (including phenoxy) is 1. The van der Waals surface area contributed by atoms with Gasteiger partial charge < -0.3 is 4.74 Å². The number of carbonyl (C=O) groups excluding carboxylic acids is 1. The quantitative estimate of drug-likeness (QED) is 0.598. The van der Waals surface area contributed by atoms with E-state index in [1.54, 1.807) is 31.2 Å². The van der Waals surface area contributed by atoms with Crippen LogP contribution in [0.25, 0.3) is 5.57 Å². The van der Waals surface area contributed by atoms with Gasteiger partial charge in [-0.25, -0.2) is 0 Å². The van der Waals surface area contributed by atoms with Gasteiger partial charge in [0.25, 0.3) is 0 Å². The summed E-state index contributed by atoms with van der Waals surface area (Å²) in [6, 6.07) is 12.5. The number of allylic oxidation sites excluding steroid dienone is 1. The third-order valence-electron chi connectivity index (χ3n) is 2.27. The fourth-order valence-electron chi connectivity index (χ4n) is 1.49. The Labute approximate surface area is 106 Å². The lowest BCUT2D eigenvalue weighted by atomic mass is 9.98. The summed E-state index contributed by atoms with van der Waals surface area (Å²) < 4.78 is 4.84. The van der Waals surface area contributed by atoms with Crippen LogP contribution in [0.5, 0.6) is 0 Å². The predicted molar refractivity (Wildman–Crippen MR) is 65.8 cm³/mol. The number of carbonyl (C=O) groups is 1. The van der Waals surface area contributed by atoms with Gasteiger partial charge in [-0.05, 0) is 18.1 Å². The van der Waals surface area contributed by atoms with Gasteiger partial charge in [0.1, 0.15) is 17.7 Å². The fraction of sp³-hybridized carbons (Fsp3) is 0.214. The molecular formula is C14H12N2O2. The molecule has 1 rings (SSSR count). The topological polar surface area (TPSA) is 73.9 Å². The van der Waals surface area contributed by atoms with Crippen molar-refractivity contribution in [2.75, 3.05) is 6.61 Å². The minimum absolute atomic E-state index is 0.0609. The highest BCUT2D eigenvalue weighted by Gasteiger charge is 2.14. The molecule has 18 heavy (non-hydrogen) atoms. The van der Waals surface area contributed by atoms with E-state index in [4.69, 9.17) is 15.3 Å². The first-order chi connectivity index (χ1) is 8.72. The number of esters is 1. The molecule has 4 nitrogen and oxygen atoms in total. The average Bonchev–Trinajstić information content (AvgIpc) is 2.40. The van der Waals surface area contributed by atoms with E-state index in [1.165, 1.54) is 0 Å². The van der Waals surface area contributed by atoms with E-state index in [0.29, 0.717) is 11.1 Å². The van der Waals surface area contributed by atoms with Crippen molar-refractivity contribution in [3.63, 3.8) is 0 Å². The molecule has 0 radical (unpaired) electrons. The molecule has 0 aromatic heterocycles. The van der Waals surface area contributed by atoms with Crippen molar-refractivity contribution in [2.45, 2.75) is 13.3 Å². The van der Waals surface area contributed by atoms with Crippen molar-refractivity contribution in [3.8, 4) is 12.1 Å². The first kappa shape index (κ1) is 13.5. The first-order valence-corrected chi connectivity index (χ1v) is 5.47. The van der Waals surface area contributed by atoms with Gasteiger partial charge in [-0.15, -0.1) is 0 Å².